The van der Waals surface area contributed by atoms with Crippen LogP contribution in [0.4, 0.5) is 8.78 Å². The number of hydrogen-bond donors (Lipinski definition) is 1. The Morgan fingerprint density at radius 1 is 1.44 bits per heavy atom. The molecule has 2 N–H and O–H groups in total. The highest BCUT2D eigenvalue weighted by Gasteiger charge is 2.27. The normalized spacial score (nSPS) is 14.8. The summed E-state index contributed by atoms with van der Waals surface area (Å²) < 4.78 is 27.1. The Kier molecular flexibility index (Phi) is 4.69. The van der Waals surface area contributed by atoms with Crippen LogP contribution in [-0.2, 0) is 6.42 Å². The Bertz CT molecular complexity index is 357. The fourth-order valence-corrected chi connectivity index (χ4v) is 1.93. The second-order valence-corrected chi connectivity index (χ2v) is 4.44. The van der Waals surface area contributed by atoms with Gasteiger partial charge in [-0.25, -0.2) is 8.78 Å². The van der Waals surface area contributed by atoms with Crippen LogP contribution < -0.4 is 5.73 Å². The smallest absolute Gasteiger partial charge is 0.141 e. The summed E-state index contributed by atoms with van der Waals surface area (Å²) in [5.41, 5.74) is 4.68. The van der Waals surface area contributed by atoms with Gasteiger partial charge in [0.15, 0.2) is 0 Å². The maximum Gasteiger partial charge on any atom is 0.141 e. The molecular formula is C12H16ClF2N. The van der Waals surface area contributed by atoms with Gasteiger partial charge >= 0.3 is 0 Å². The average Bonchev–Trinajstić information content (AvgIpc) is 2.24. The van der Waals surface area contributed by atoms with Gasteiger partial charge in [-0.3, -0.25) is 0 Å². The Morgan fingerprint density at radius 2 is 2.12 bits per heavy atom. The monoisotopic (exact) mass is 247 g/mol. The summed E-state index contributed by atoms with van der Waals surface area (Å²) in [7, 11) is 0. The largest absolute Gasteiger partial charge is 0.328 e. The maximum absolute atomic E-state index is 14.2. The summed E-state index contributed by atoms with van der Waals surface area (Å²) in [6.07, 6.45) is 1.30. The van der Waals surface area contributed by atoms with Crippen LogP contribution >= 0.6 is 11.6 Å². The van der Waals surface area contributed by atoms with Gasteiger partial charge in [-0.15, -0.1) is 0 Å². The molecule has 0 amide bonds. The van der Waals surface area contributed by atoms with Crippen LogP contribution in [0.25, 0.3) is 0 Å². The predicted molar refractivity (Wildman–Crippen MR) is 62.9 cm³/mol. The van der Waals surface area contributed by atoms with Crippen LogP contribution in [0.15, 0.2) is 18.2 Å². The number of benzene rings is 1. The van der Waals surface area contributed by atoms with E-state index in [2.05, 4.69) is 0 Å². The minimum Gasteiger partial charge on any atom is -0.328 e. The van der Waals surface area contributed by atoms with E-state index in [9.17, 15) is 8.78 Å². The molecule has 0 saturated carbocycles. The molecule has 1 atom stereocenters. The third-order valence-corrected chi connectivity index (χ3v) is 2.86. The Labute approximate surface area is 99.6 Å². The second kappa shape index (κ2) is 5.60. The van der Waals surface area contributed by atoms with E-state index < -0.39 is 11.5 Å². The fourth-order valence-electron chi connectivity index (χ4n) is 1.73. The predicted octanol–water partition coefficient (Wildman–Crippen LogP) is 3.49. The van der Waals surface area contributed by atoms with Crippen molar-refractivity contribution in [1.29, 1.82) is 0 Å². The van der Waals surface area contributed by atoms with Crippen molar-refractivity contribution in [2.24, 2.45) is 5.73 Å². The van der Waals surface area contributed by atoms with Crippen molar-refractivity contribution in [3.63, 3.8) is 0 Å². The van der Waals surface area contributed by atoms with Gasteiger partial charge in [0.05, 0.1) is 5.02 Å². The molecule has 0 saturated heterocycles. The molecule has 1 aromatic rings. The third kappa shape index (κ3) is 3.42. The summed E-state index contributed by atoms with van der Waals surface area (Å²) in [6.45, 7) is 1.87. The zero-order valence-corrected chi connectivity index (χ0v) is 10.0. The molecule has 90 valence electrons. The van der Waals surface area contributed by atoms with E-state index in [0.717, 1.165) is 6.42 Å². The van der Waals surface area contributed by atoms with E-state index in [1.807, 2.05) is 6.92 Å². The fraction of sp³-hybridized carbons (Fsp3) is 0.500. The van der Waals surface area contributed by atoms with Crippen LogP contribution in [0.2, 0.25) is 5.02 Å². The molecule has 0 aliphatic rings. The van der Waals surface area contributed by atoms with Gasteiger partial charge in [-0.1, -0.05) is 31.0 Å². The minimum absolute atomic E-state index is 0.0216. The molecule has 0 aliphatic heterocycles. The maximum atomic E-state index is 14.2. The summed E-state index contributed by atoms with van der Waals surface area (Å²) in [5.74, 6) is -0.488. The van der Waals surface area contributed by atoms with Crippen LogP contribution in [-0.4, -0.2) is 12.2 Å². The van der Waals surface area contributed by atoms with E-state index in [1.54, 1.807) is 6.07 Å². The van der Waals surface area contributed by atoms with Crippen molar-refractivity contribution in [3.8, 4) is 0 Å². The zero-order chi connectivity index (χ0) is 12.2. The van der Waals surface area contributed by atoms with E-state index >= 15 is 0 Å². The molecule has 4 heteroatoms. The first-order valence-electron chi connectivity index (χ1n) is 5.33. The molecule has 0 aliphatic carbocycles. The van der Waals surface area contributed by atoms with Crippen molar-refractivity contribution >= 4 is 11.6 Å². The molecule has 1 rings (SSSR count). The number of halogens is 3. The van der Waals surface area contributed by atoms with Crippen LogP contribution in [0.1, 0.15) is 25.3 Å². The van der Waals surface area contributed by atoms with Crippen LogP contribution in [0.5, 0.6) is 0 Å². The number of nitrogens with two attached hydrogens (primary N) is 1. The molecule has 1 aromatic carbocycles. The summed E-state index contributed by atoms with van der Waals surface area (Å²) >= 11 is 5.63. The first-order valence-corrected chi connectivity index (χ1v) is 5.71. The lowest BCUT2D eigenvalue weighted by atomic mass is 9.92. The SMILES string of the molecule is CCCC(F)(CN)Cc1ccc(F)c(Cl)c1. The van der Waals surface area contributed by atoms with Gasteiger partial charge in [0.2, 0.25) is 0 Å². The van der Waals surface area contributed by atoms with Gasteiger partial charge in [-0.2, -0.15) is 0 Å². The first kappa shape index (κ1) is 13.4. The molecule has 1 unspecified atom stereocenters. The van der Waals surface area contributed by atoms with Gasteiger partial charge in [0.25, 0.3) is 0 Å². The van der Waals surface area contributed by atoms with Crippen molar-refractivity contribution in [3.05, 3.63) is 34.6 Å². The molecular weight excluding hydrogens is 232 g/mol. The van der Waals surface area contributed by atoms with Crippen molar-refractivity contribution < 1.29 is 8.78 Å². The lowest BCUT2D eigenvalue weighted by molar-refractivity contribution is 0.158. The van der Waals surface area contributed by atoms with Crippen molar-refractivity contribution in [2.75, 3.05) is 6.54 Å². The van der Waals surface area contributed by atoms with Crippen molar-refractivity contribution in [1.82, 2.24) is 0 Å². The van der Waals surface area contributed by atoms with E-state index in [1.165, 1.54) is 12.1 Å². The van der Waals surface area contributed by atoms with E-state index in [4.69, 9.17) is 17.3 Å². The van der Waals surface area contributed by atoms with E-state index in [-0.39, 0.29) is 18.0 Å². The van der Waals surface area contributed by atoms with Gasteiger partial charge < -0.3 is 5.73 Å². The second-order valence-electron chi connectivity index (χ2n) is 4.03. The molecule has 16 heavy (non-hydrogen) atoms. The first-order chi connectivity index (χ1) is 7.50. The zero-order valence-electron chi connectivity index (χ0n) is 9.27. The molecule has 0 fully saturated rings. The highest BCUT2D eigenvalue weighted by molar-refractivity contribution is 6.30. The number of hydrogen-bond acceptors (Lipinski definition) is 1. The molecule has 0 bridgehead atoms. The molecule has 0 spiro atoms. The van der Waals surface area contributed by atoms with Gasteiger partial charge in [-0.05, 0) is 24.1 Å². The number of alkyl halides is 1. The van der Waals surface area contributed by atoms with E-state index in [0.29, 0.717) is 12.0 Å². The Hall–Kier alpha value is -0.670. The summed E-state index contributed by atoms with van der Waals surface area (Å²) in [4.78, 5) is 0. The van der Waals surface area contributed by atoms with Crippen LogP contribution in [0, 0.1) is 5.82 Å². The lowest BCUT2D eigenvalue weighted by Crippen LogP contribution is -2.35. The highest BCUT2D eigenvalue weighted by Crippen LogP contribution is 2.25. The third-order valence-electron chi connectivity index (χ3n) is 2.57. The minimum atomic E-state index is -1.42. The topological polar surface area (TPSA) is 26.0 Å². The molecule has 0 radical (unpaired) electrons. The van der Waals surface area contributed by atoms with Gasteiger partial charge in [0, 0.05) is 13.0 Å². The molecule has 1 nitrogen and oxygen atoms in total. The summed E-state index contributed by atoms with van der Waals surface area (Å²) in [6, 6.07) is 4.25. The lowest BCUT2D eigenvalue weighted by Gasteiger charge is -2.23. The Morgan fingerprint density at radius 3 is 2.62 bits per heavy atom. The summed E-state index contributed by atoms with van der Waals surface area (Å²) in [5, 5.41) is 0.0216. The van der Waals surface area contributed by atoms with Gasteiger partial charge in [0.1, 0.15) is 11.5 Å². The standard InChI is InChI=1S/C12H16ClF2N/c1-2-5-12(15,8-16)7-9-3-4-11(14)10(13)6-9/h3-4,6H,2,5,7-8,16H2,1H3. The number of rotatable bonds is 5. The quantitative estimate of drug-likeness (QED) is 0.847. The Balaban J connectivity index is 2.81. The van der Waals surface area contributed by atoms with Crippen molar-refractivity contribution in [2.45, 2.75) is 31.9 Å². The average molecular weight is 248 g/mol. The van der Waals surface area contributed by atoms with Crippen LogP contribution in [0.3, 0.4) is 0 Å². The molecule has 0 aromatic heterocycles. The highest BCUT2D eigenvalue weighted by atomic mass is 35.5. The molecule has 0 heterocycles.